The molecule has 2 aliphatic rings. The molecule has 162 valence electrons. The van der Waals surface area contributed by atoms with E-state index in [1.807, 2.05) is 38.1 Å². The van der Waals surface area contributed by atoms with E-state index in [1.165, 1.54) is 8.61 Å². The van der Waals surface area contributed by atoms with E-state index in [2.05, 4.69) is 5.32 Å². The fourth-order valence-corrected chi connectivity index (χ4v) is 5.26. The van der Waals surface area contributed by atoms with Gasteiger partial charge < -0.3 is 14.8 Å². The van der Waals surface area contributed by atoms with Gasteiger partial charge in [-0.1, -0.05) is 12.1 Å². The molecule has 0 aliphatic carbocycles. The number of carbonyl (C=O) groups is 1. The molecule has 1 aromatic carbocycles. The van der Waals surface area contributed by atoms with Gasteiger partial charge in [0.2, 0.25) is 5.91 Å². The molecular formula is C20H31N3O5S. The van der Waals surface area contributed by atoms with Crippen molar-refractivity contribution in [3.8, 4) is 5.75 Å². The van der Waals surface area contributed by atoms with Gasteiger partial charge in [0.1, 0.15) is 5.75 Å². The minimum atomic E-state index is -3.54. The molecule has 0 saturated carbocycles. The molecule has 1 atom stereocenters. The van der Waals surface area contributed by atoms with Gasteiger partial charge >= 0.3 is 0 Å². The molecule has 3 rings (SSSR count). The molecule has 9 heteroatoms. The summed E-state index contributed by atoms with van der Waals surface area (Å²) in [6, 6.07) is 7.62. The van der Waals surface area contributed by atoms with Gasteiger partial charge in [0.15, 0.2) is 0 Å². The third kappa shape index (κ3) is 5.91. The number of carbonyl (C=O) groups excluding carboxylic acids is 1. The fraction of sp³-hybridized carbons (Fsp3) is 0.650. The molecular weight excluding hydrogens is 394 g/mol. The first-order chi connectivity index (χ1) is 13.9. The fourth-order valence-electron chi connectivity index (χ4n) is 3.60. The van der Waals surface area contributed by atoms with Crippen molar-refractivity contribution < 1.29 is 22.7 Å². The standard InChI is InChI=1S/C20H31N3O5S/c1-16(2)28-19-7-5-17(6-8-19)14-21-20(24)18-4-3-9-23(15-18)29(25,26)22-10-12-27-13-11-22/h5-8,16,18H,3-4,9-15H2,1-2H3,(H,21,24)/t18-/m0/s1. The number of hydrogen-bond acceptors (Lipinski definition) is 5. The summed E-state index contributed by atoms with van der Waals surface area (Å²) in [5.41, 5.74) is 0.975. The predicted octanol–water partition coefficient (Wildman–Crippen LogP) is 1.38. The molecule has 2 heterocycles. The van der Waals surface area contributed by atoms with Crippen LogP contribution >= 0.6 is 0 Å². The van der Waals surface area contributed by atoms with Crippen LogP contribution in [0, 0.1) is 5.92 Å². The Bertz CT molecular complexity index is 776. The predicted molar refractivity (Wildman–Crippen MR) is 110 cm³/mol. The normalized spacial score (nSPS) is 21.8. The lowest BCUT2D eigenvalue weighted by Crippen LogP contribution is -2.52. The smallest absolute Gasteiger partial charge is 0.282 e. The van der Waals surface area contributed by atoms with Gasteiger partial charge in [-0.15, -0.1) is 0 Å². The third-order valence-electron chi connectivity index (χ3n) is 5.14. The van der Waals surface area contributed by atoms with Crippen molar-refractivity contribution in [2.45, 2.75) is 39.3 Å². The van der Waals surface area contributed by atoms with Crippen LogP contribution in [0.3, 0.4) is 0 Å². The Hall–Kier alpha value is -1.68. The third-order valence-corrected chi connectivity index (χ3v) is 7.14. The van der Waals surface area contributed by atoms with Gasteiger partial charge in [0.25, 0.3) is 10.2 Å². The van der Waals surface area contributed by atoms with E-state index < -0.39 is 10.2 Å². The van der Waals surface area contributed by atoms with E-state index in [1.54, 1.807) is 0 Å². The summed E-state index contributed by atoms with van der Waals surface area (Å²) < 4.78 is 39.5. The maximum atomic E-state index is 12.8. The molecule has 0 unspecified atom stereocenters. The van der Waals surface area contributed by atoms with Crippen molar-refractivity contribution in [2.75, 3.05) is 39.4 Å². The summed E-state index contributed by atoms with van der Waals surface area (Å²) in [7, 11) is -3.54. The van der Waals surface area contributed by atoms with Gasteiger partial charge in [-0.25, -0.2) is 0 Å². The highest BCUT2D eigenvalue weighted by Crippen LogP contribution is 2.22. The number of amides is 1. The van der Waals surface area contributed by atoms with Crippen molar-refractivity contribution in [3.63, 3.8) is 0 Å². The summed E-state index contributed by atoms with van der Waals surface area (Å²) in [5, 5.41) is 2.95. The highest BCUT2D eigenvalue weighted by Gasteiger charge is 2.36. The zero-order valence-corrected chi connectivity index (χ0v) is 18.0. The molecule has 0 spiro atoms. The number of piperidine rings is 1. The lowest BCUT2D eigenvalue weighted by Gasteiger charge is -2.36. The van der Waals surface area contributed by atoms with Crippen LogP contribution in [-0.4, -0.2) is 68.4 Å². The van der Waals surface area contributed by atoms with Crippen molar-refractivity contribution in [3.05, 3.63) is 29.8 Å². The van der Waals surface area contributed by atoms with Gasteiger partial charge in [0, 0.05) is 32.7 Å². The Labute approximate surface area is 173 Å². The van der Waals surface area contributed by atoms with Crippen LogP contribution in [0.15, 0.2) is 24.3 Å². The number of ether oxygens (including phenoxy) is 2. The van der Waals surface area contributed by atoms with Gasteiger partial charge in [-0.05, 0) is 44.4 Å². The Morgan fingerprint density at radius 1 is 1.17 bits per heavy atom. The summed E-state index contributed by atoms with van der Waals surface area (Å²) in [4.78, 5) is 12.6. The second kappa shape index (κ2) is 9.88. The topological polar surface area (TPSA) is 88.2 Å². The van der Waals surface area contributed by atoms with E-state index in [4.69, 9.17) is 9.47 Å². The lowest BCUT2D eigenvalue weighted by molar-refractivity contribution is -0.126. The first kappa shape index (κ1) is 22.0. The van der Waals surface area contributed by atoms with Crippen molar-refractivity contribution in [2.24, 2.45) is 5.92 Å². The average Bonchev–Trinajstić information content (AvgIpc) is 2.73. The minimum absolute atomic E-state index is 0.102. The molecule has 2 saturated heterocycles. The van der Waals surface area contributed by atoms with Crippen LogP contribution in [0.25, 0.3) is 0 Å². The number of rotatable bonds is 7. The molecule has 2 fully saturated rings. The summed E-state index contributed by atoms with van der Waals surface area (Å²) >= 11 is 0. The summed E-state index contributed by atoms with van der Waals surface area (Å²) in [6.45, 7) is 6.61. The highest BCUT2D eigenvalue weighted by molar-refractivity contribution is 7.86. The minimum Gasteiger partial charge on any atom is -0.491 e. The van der Waals surface area contributed by atoms with Crippen molar-refractivity contribution >= 4 is 16.1 Å². The van der Waals surface area contributed by atoms with Crippen LogP contribution < -0.4 is 10.1 Å². The monoisotopic (exact) mass is 425 g/mol. The van der Waals surface area contributed by atoms with E-state index in [9.17, 15) is 13.2 Å². The average molecular weight is 426 g/mol. The number of morpholine rings is 1. The Kier molecular flexibility index (Phi) is 7.50. The zero-order valence-electron chi connectivity index (χ0n) is 17.2. The first-order valence-electron chi connectivity index (χ1n) is 10.2. The molecule has 8 nitrogen and oxygen atoms in total. The number of hydrogen-bond donors (Lipinski definition) is 1. The summed E-state index contributed by atoms with van der Waals surface area (Å²) in [5.74, 6) is 0.365. The first-order valence-corrected chi connectivity index (χ1v) is 11.6. The Morgan fingerprint density at radius 2 is 1.86 bits per heavy atom. The maximum absolute atomic E-state index is 12.8. The van der Waals surface area contributed by atoms with Gasteiger partial charge in [0.05, 0.1) is 25.2 Å². The molecule has 0 radical (unpaired) electrons. The molecule has 1 amide bonds. The molecule has 29 heavy (non-hydrogen) atoms. The molecule has 1 N–H and O–H groups in total. The van der Waals surface area contributed by atoms with E-state index in [-0.39, 0.29) is 24.5 Å². The van der Waals surface area contributed by atoms with Crippen LogP contribution in [0.1, 0.15) is 32.3 Å². The van der Waals surface area contributed by atoms with Crippen molar-refractivity contribution in [1.82, 2.24) is 13.9 Å². The van der Waals surface area contributed by atoms with Crippen LogP contribution in [0.2, 0.25) is 0 Å². The maximum Gasteiger partial charge on any atom is 0.282 e. The molecule has 1 aromatic rings. The lowest BCUT2D eigenvalue weighted by atomic mass is 9.99. The van der Waals surface area contributed by atoms with Gasteiger partial charge in [-0.2, -0.15) is 17.0 Å². The second-order valence-electron chi connectivity index (χ2n) is 7.74. The number of nitrogens with one attached hydrogen (secondary N) is 1. The Morgan fingerprint density at radius 3 is 2.52 bits per heavy atom. The summed E-state index contributed by atoms with van der Waals surface area (Å²) in [6.07, 6.45) is 1.49. The SMILES string of the molecule is CC(C)Oc1ccc(CNC(=O)[C@H]2CCCN(S(=O)(=O)N3CCOCC3)C2)cc1. The highest BCUT2D eigenvalue weighted by atomic mass is 32.2. The van der Waals surface area contributed by atoms with E-state index >= 15 is 0 Å². The van der Waals surface area contributed by atoms with E-state index in [0.717, 1.165) is 11.3 Å². The van der Waals surface area contributed by atoms with E-state index in [0.29, 0.717) is 52.2 Å². The number of benzene rings is 1. The van der Waals surface area contributed by atoms with Crippen LogP contribution in [0.4, 0.5) is 0 Å². The zero-order chi connectivity index (χ0) is 20.9. The number of nitrogens with zero attached hydrogens (tertiary/aromatic N) is 2. The molecule has 2 aliphatic heterocycles. The molecule has 0 aromatic heterocycles. The largest absolute Gasteiger partial charge is 0.491 e. The second-order valence-corrected chi connectivity index (χ2v) is 9.67. The Balaban J connectivity index is 1.53. The quantitative estimate of drug-likeness (QED) is 0.713. The van der Waals surface area contributed by atoms with Crippen LogP contribution in [-0.2, 0) is 26.3 Å². The van der Waals surface area contributed by atoms with Crippen molar-refractivity contribution in [1.29, 1.82) is 0 Å². The van der Waals surface area contributed by atoms with Crippen LogP contribution in [0.5, 0.6) is 5.75 Å². The van der Waals surface area contributed by atoms with Gasteiger partial charge in [-0.3, -0.25) is 4.79 Å². The molecule has 0 bridgehead atoms.